The number of hydrogen-bond donors (Lipinski definition) is 1. The van der Waals surface area contributed by atoms with Gasteiger partial charge in [-0.2, -0.15) is 0 Å². The molecule has 0 aliphatic carbocycles. The summed E-state index contributed by atoms with van der Waals surface area (Å²) in [6.07, 6.45) is 2.02. The lowest BCUT2D eigenvalue weighted by atomic mass is 10.1. The molecule has 2 rings (SSSR count). The molecule has 1 amide bonds. The molecule has 4 heteroatoms. The van der Waals surface area contributed by atoms with E-state index < -0.39 is 0 Å². The summed E-state index contributed by atoms with van der Waals surface area (Å²) in [7, 11) is 0. The average Bonchev–Trinajstić information content (AvgIpc) is 2.92. The zero-order valence-electron chi connectivity index (χ0n) is 10.7. The van der Waals surface area contributed by atoms with E-state index in [0.717, 1.165) is 22.0 Å². The van der Waals surface area contributed by atoms with Gasteiger partial charge in [-0.25, -0.2) is 0 Å². The molecule has 0 aliphatic rings. The van der Waals surface area contributed by atoms with Crippen molar-refractivity contribution in [2.45, 2.75) is 25.8 Å². The van der Waals surface area contributed by atoms with Crippen LogP contribution < -0.4 is 5.32 Å². The Labute approximate surface area is 131 Å². The number of thiophene rings is 1. The van der Waals surface area contributed by atoms with Gasteiger partial charge in [0, 0.05) is 14.0 Å². The Bertz CT molecular complexity index is 522. The van der Waals surface area contributed by atoms with Crippen LogP contribution in [0.1, 0.15) is 41.0 Å². The van der Waals surface area contributed by atoms with Crippen molar-refractivity contribution in [1.82, 2.24) is 5.32 Å². The van der Waals surface area contributed by atoms with Gasteiger partial charge in [0.05, 0.1) is 6.04 Å². The molecule has 2 aromatic rings. The maximum absolute atomic E-state index is 12.2. The molecule has 1 N–H and O–H groups in total. The summed E-state index contributed by atoms with van der Waals surface area (Å²) in [5, 5.41) is 5.18. The highest BCUT2D eigenvalue weighted by Crippen LogP contribution is 2.23. The number of amides is 1. The molecule has 19 heavy (non-hydrogen) atoms. The highest BCUT2D eigenvalue weighted by atomic mass is 127. The van der Waals surface area contributed by atoms with E-state index in [-0.39, 0.29) is 11.9 Å². The van der Waals surface area contributed by atoms with Crippen molar-refractivity contribution in [1.29, 1.82) is 0 Å². The van der Waals surface area contributed by atoms with Crippen LogP contribution in [-0.4, -0.2) is 5.91 Å². The normalized spacial score (nSPS) is 12.1. The van der Waals surface area contributed by atoms with Crippen molar-refractivity contribution < 1.29 is 4.79 Å². The molecule has 1 aromatic carbocycles. The Morgan fingerprint density at radius 2 is 2.05 bits per heavy atom. The SMILES string of the molecule is CCCC(NC(=O)c1ccc(I)cc1)c1cccs1. The molecule has 0 fully saturated rings. The van der Waals surface area contributed by atoms with Crippen molar-refractivity contribution >= 4 is 39.8 Å². The molecule has 0 aliphatic heterocycles. The van der Waals surface area contributed by atoms with E-state index in [9.17, 15) is 4.79 Å². The summed E-state index contributed by atoms with van der Waals surface area (Å²) in [5.41, 5.74) is 0.720. The number of benzene rings is 1. The van der Waals surface area contributed by atoms with Crippen LogP contribution in [0.3, 0.4) is 0 Å². The molecule has 2 nitrogen and oxygen atoms in total. The standard InChI is InChI=1S/C15H16INOS/c1-2-4-13(14-5-3-10-19-14)17-15(18)11-6-8-12(16)9-7-11/h3,5-10,13H,2,4H2,1H3,(H,17,18). The van der Waals surface area contributed by atoms with E-state index in [1.54, 1.807) is 11.3 Å². The lowest BCUT2D eigenvalue weighted by Gasteiger charge is -2.16. The average molecular weight is 385 g/mol. The van der Waals surface area contributed by atoms with E-state index in [4.69, 9.17) is 0 Å². The van der Waals surface area contributed by atoms with Crippen LogP contribution in [0.25, 0.3) is 0 Å². The second-order valence-corrected chi connectivity index (χ2v) is 6.56. The molecule has 1 unspecified atom stereocenters. The minimum Gasteiger partial charge on any atom is -0.344 e. The topological polar surface area (TPSA) is 29.1 Å². The van der Waals surface area contributed by atoms with Gasteiger partial charge in [0.2, 0.25) is 0 Å². The lowest BCUT2D eigenvalue weighted by Crippen LogP contribution is -2.27. The van der Waals surface area contributed by atoms with Crippen LogP contribution in [0, 0.1) is 3.57 Å². The molecule has 1 atom stereocenters. The van der Waals surface area contributed by atoms with Crippen LogP contribution in [0.5, 0.6) is 0 Å². The molecule has 1 heterocycles. The molecule has 0 saturated heterocycles. The maximum Gasteiger partial charge on any atom is 0.251 e. The first kappa shape index (κ1) is 14.5. The highest BCUT2D eigenvalue weighted by Gasteiger charge is 2.15. The molecule has 0 bridgehead atoms. The van der Waals surface area contributed by atoms with Gasteiger partial charge < -0.3 is 5.32 Å². The Hall–Kier alpha value is -0.880. The number of halogens is 1. The largest absolute Gasteiger partial charge is 0.344 e. The Morgan fingerprint density at radius 1 is 1.32 bits per heavy atom. The molecule has 100 valence electrons. The van der Waals surface area contributed by atoms with Crippen molar-refractivity contribution in [3.05, 3.63) is 55.8 Å². The van der Waals surface area contributed by atoms with Crippen LogP contribution >= 0.6 is 33.9 Å². The van der Waals surface area contributed by atoms with E-state index >= 15 is 0 Å². The minimum absolute atomic E-state index is 0.00301. The van der Waals surface area contributed by atoms with Crippen LogP contribution in [0.4, 0.5) is 0 Å². The second kappa shape index (κ2) is 7.05. The number of rotatable bonds is 5. The van der Waals surface area contributed by atoms with Gasteiger partial charge in [-0.15, -0.1) is 11.3 Å². The highest BCUT2D eigenvalue weighted by molar-refractivity contribution is 14.1. The minimum atomic E-state index is 0.00301. The van der Waals surface area contributed by atoms with Gasteiger partial charge in [-0.3, -0.25) is 4.79 Å². The second-order valence-electron chi connectivity index (χ2n) is 4.34. The van der Waals surface area contributed by atoms with E-state index in [2.05, 4.69) is 46.3 Å². The summed E-state index contributed by atoms with van der Waals surface area (Å²) in [4.78, 5) is 13.5. The number of carbonyl (C=O) groups excluding carboxylic acids is 1. The third-order valence-electron chi connectivity index (χ3n) is 2.88. The van der Waals surface area contributed by atoms with Crippen LogP contribution in [0.2, 0.25) is 0 Å². The first-order valence-electron chi connectivity index (χ1n) is 6.30. The molecular formula is C15H16INOS. The lowest BCUT2D eigenvalue weighted by molar-refractivity contribution is 0.0935. The zero-order chi connectivity index (χ0) is 13.7. The Balaban J connectivity index is 2.09. The fourth-order valence-corrected chi connectivity index (χ4v) is 3.08. The molecule has 0 spiro atoms. The van der Waals surface area contributed by atoms with Crippen molar-refractivity contribution in [3.63, 3.8) is 0 Å². The summed E-state index contributed by atoms with van der Waals surface area (Å²) in [6.45, 7) is 2.14. The number of hydrogen-bond acceptors (Lipinski definition) is 2. The zero-order valence-corrected chi connectivity index (χ0v) is 13.7. The first-order chi connectivity index (χ1) is 9.20. The van der Waals surface area contributed by atoms with Gasteiger partial charge in [-0.05, 0) is 64.7 Å². The number of nitrogens with one attached hydrogen (secondary N) is 1. The van der Waals surface area contributed by atoms with E-state index in [1.807, 2.05) is 30.3 Å². The van der Waals surface area contributed by atoms with Gasteiger partial charge in [0.15, 0.2) is 0 Å². The molecular weight excluding hydrogens is 369 g/mol. The van der Waals surface area contributed by atoms with Crippen LogP contribution in [-0.2, 0) is 0 Å². The summed E-state index contributed by atoms with van der Waals surface area (Å²) < 4.78 is 1.14. The molecule has 0 saturated carbocycles. The summed E-state index contributed by atoms with van der Waals surface area (Å²) in [5.74, 6) is 0.00301. The quantitative estimate of drug-likeness (QED) is 0.748. The van der Waals surface area contributed by atoms with Crippen molar-refractivity contribution in [2.24, 2.45) is 0 Å². The summed E-state index contributed by atoms with van der Waals surface area (Å²) in [6, 6.07) is 11.9. The van der Waals surface area contributed by atoms with Crippen molar-refractivity contribution in [3.8, 4) is 0 Å². The smallest absolute Gasteiger partial charge is 0.251 e. The monoisotopic (exact) mass is 385 g/mol. The van der Waals surface area contributed by atoms with Gasteiger partial charge in [0.1, 0.15) is 0 Å². The van der Waals surface area contributed by atoms with Gasteiger partial charge in [0.25, 0.3) is 5.91 Å². The number of carbonyl (C=O) groups is 1. The Kier molecular flexibility index (Phi) is 5.39. The third kappa shape index (κ3) is 4.04. The van der Waals surface area contributed by atoms with E-state index in [1.165, 1.54) is 4.88 Å². The molecule has 1 aromatic heterocycles. The molecule has 0 radical (unpaired) electrons. The van der Waals surface area contributed by atoms with E-state index in [0.29, 0.717) is 0 Å². The predicted molar refractivity (Wildman–Crippen MR) is 88.6 cm³/mol. The van der Waals surface area contributed by atoms with Crippen molar-refractivity contribution in [2.75, 3.05) is 0 Å². The predicted octanol–water partition coefficient (Wildman–Crippen LogP) is 4.62. The fourth-order valence-electron chi connectivity index (χ4n) is 1.91. The van der Waals surface area contributed by atoms with Crippen LogP contribution in [0.15, 0.2) is 41.8 Å². The summed E-state index contributed by atoms with van der Waals surface area (Å²) >= 11 is 3.93. The first-order valence-corrected chi connectivity index (χ1v) is 8.26. The fraction of sp³-hybridized carbons (Fsp3) is 0.267. The third-order valence-corrected chi connectivity index (χ3v) is 4.58. The van der Waals surface area contributed by atoms with Gasteiger partial charge in [-0.1, -0.05) is 19.4 Å². The van der Waals surface area contributed by atoms with Gasteiger partial charge >= 0.3 is 0 Å². The Morgan fingerprint density at radius 3 is 2.63 bits per heavy atom. The maximum atomic E-state index is 12.2.